The van der Waals surface area contributed by atoms with Crippen LogP contribution in [0.15, 0.2) is 29.4 Å². The van der Waals surface area contributed by atoms with Gasteiger partial charge in [0, 0.05) is 5.71 Å². The highest BCUT2D eigenvalue weighted by atomic mass is 16.3. The molecule has 2 rings (SSSR count). The zero-order valence-corrected chi connectivity index (χ0v) is 12.1. The molecule has 4 nitrogen and oxygen atoms in total. The molecular formula is C16H22N2O2. The van der Waals surface area contributed by atoms with Crippen molar-refractivity contribution in [3.63, 3.8) is 0 Å². The Kier molecular flexibility index (Phi) is 4.90. The lowest BCUT2D eigenvalue weighted by Gasteiger charge is -2.20. The summed E-state index contributed by atoms with van der Waals surface area (Å²) in [6.45, 7) is 4.00. The van der Waals surface area contributed by atoms with Gasteiger partial charge >= 0.3 is 0 Å². The van der Waals surface area contributed by atoms with E-state index in [1.54, 1.807) is 6.07 Å². The standard InChI is InChI=1S/C16H22N2O2/c1-11-7-3-5-9-13(11)15(19)16(20)18-17-14-10-6-4-8-12(14)2/h3,5,7,9,12,15,19H,4,6,8,10H2,1-2H3,(H,18,20)/b17-14-/t12-,15+/m1/s1. The molecule has 0 aliphatic heterocycles. The Labute approximate surface area is 119 Å². The van der Waals surface area contributed by atoms with Gasteiger partial charge in [0.15, 0.2) is 6.10 Å². The number of carbonyl (C=O) groups is 1. The van der Waals surface area contributed by atoms with Crippen LogP contribution in [0.5, 0.6) is 0 Å². The number of rotatable bonds is 3. The molecule has 0 spiro atoms. The van der Waals surface area contributed by atoms with Crippen LogP contribution in [0.25, 0.3) is 0 Å². The molecule has 1 aromatic carbocycles. The quantitative estimate of drug-likeness (QED) is 0.832. The fraction of sp³-hybridized carbons (Fsp3) is 0.500. The lowest BCUT2D eigenvalue weighted by Crippen LogP contribution is -2.28. The van der Waals surface area contributed by atoms with Crippen LogP contribution in [0, 0.1) is 12.8 Å². The van der Waals surface area contributed by atoms with Crippen LogP contribution in [0.1, 0.15) is 49.8 Å². The number of nitrogens with one attached hydrogen (secondary N) is 1. The van der Waals surface area contributed by atoms with Crippen molar-refractivity contribution in [2.75, 3.05) is 0 Å². The average Bonchev–Trinajstić information content (AvgIpc) is 2.46. The molecule has 1 aromatic rings. The van der Waals surface area contributed by atoms with E-state index < -0.39 is 12.0 Å². The van der Waals surface area contributed by atoms with Crippen molar-refractivity contribution in [1.82, 2.24) is 5.43 Å². The van der Waals surface area contributed by atoms with Gasteiger partial charge in [-0.25, -0.2) is 5.43 Å². The summed E-state index contributed by atoms with van der Waals surface area (Å²) in [7, 11) is 0. The van der Waals surface area contributed by atoms with Crippen molar-refractivity contribution < 1.29 is 9.90 Å². The van der Waals surface area contributed by atoms with Gasteiger partial charge in [-0.05, 0) is 43.2 Å². The highest BCUT2D eigenvalue weighted by Gasteiger charge is 2.20. The number of hydrogen-bond donors (Lipinski definition) is 2. The lowest BCUT2D eigenvalue weighted by molar-refractivity contribution is -0.129. The van der Waals surface area contributed by atoms with Crippen LogP contribution in [0.3, 0.4) is 0 Å². The molecule has 2 N–H and O–H groups in total. The van der Waals surface area contributed by atoms with E-state index in [9.17, 15) is 9.90 Å². The predicted octanol–water partition coefficient (Wildman–Crippen LogP) is 2.71. The minimum absolute atomic E-state index is 0.416. The van der Waals surface area contributed by atoms with Crippen molar-refractivity contribution in [3.8, 4) is 0 Å². The highest BCUT2D eigenvalue weighted by molar-refractivity contribution is 5.89. The Balaban J connectivity index is 2.01. The number of carbonyl (C=O) groups excluding carboxylic acids is 1. The van der Waals surface area contributed by atoms with E-state index in [4.69, 9.17) is 0 Å². The highest BCUT2D eigenvalue weighted by Crippen LogP contribution is 2.21. The number of aryl methyl sites for hydroxylation is 1. The molecule has 1 aliphatic carbocycles. The Morgan fingerprint density at radius 2 is 2.15 bits per heavy atom. The summed E-state index contributed by atoms with van der Waals surface area (Å²) in [6.07, 6.45) is 3.23. The molecule has 1 aliphatic rings. The molecule has 0 radical (unpaired) electrons. The molecular weight excluding hydrogens is 252 g/mol. The Bertz CT molecular complexity index is 511. The minimum atomic E-state index is -1.17. The Morgan fingerprint density at radius 3 is 2.85 bits per heavy atom. The Morgan fingerprint density at radius 1 is 1.40 bits per heavy atom. The fourth-order valence-corrected chi connectivity index (χ4v) is 2.56. The maximum absolute atomic E-state index is 12.0. The Hall–Kier alpha value is -1.68. The van der Waals surface area contributed by atoms with Crippen LogP contribution < -0.4 is 5.43 Å². The van der Waals surface area contributed by atoms with Crippen molar-refractivity contribution in [3.05, 3.63) is 35.4 Å². The third-order valence-corrected chi connectivity index (χ3v) is 3.93. The lowest BCUT2D eigenvalue weighted by atomic mass is 9.89. The van der Waals surface area contributed by atoms with Gasteiger partial charge in [-0.1, -0.05) is 37.6 Å². The first kappa shape index (κ1) is 14.7. The SMILES string of the molecule is Cc1ccccc1[C@H](O)C(=O)N/N=C1/CCCC[C@H]1C. The summed E-state index contributed by atoms with van der Waals surface area (Å²) in [5.41, 5.74) is 5.06. The number of hydrogen-bond acceptors (Lipinski definition) is 3. The topological polar surface area (TPSA) is 61.7 Å². The molecule has 0 saturated heterocycles. The summed E-state index contributed by atoms with van der Waals surface area (Å²) in [5, 5.41) is 14.3. The van der Waals surface area contributed by atoms with E-state index >= 15 is 0 Å². The van der Waals surface area contributed by atoms with Crippen molar-refractivity contribution in [2.45, 2.75) is 45.6 Å². The third-order valence-electron chi connectivity index (χ3n) is 3.93. The van der Waals surface area contributed by atoms with Gasteiger partial charge in [-0.15, -0.1) is 0 Å². The van der Waals surface area contributed by atoms with Gasteiger partial charge in [0.05, 0.1) is 0 Å². The molecule has 0 heterocycles. The fourth-order valence-electron chi connectivity index (χ4n) is 2.56. The van der Waals surface area contributed by atoms with Crippen LogP contribution in [-0.4, -0.2) is 16.7 Å². The van der Waals surface area contributed by atoms with E-state index in [0.717, 1.165) is 30.5 Å². The summed E-state index contributed by atoms with van der Waals surface area (Å²) in [5.74, 6) is -0.0516. The largest absolute Gasteiger partial charge is 0.378 e. The van der Waals surface area contributed by atoms with Gasteiger partial charge in [0.25, 0.3) is 5.91 Å². The molecule has 0 aromatic heterocycles. The van der Waals surface area contributed by atoms with Crippen LogP contribution in [-0.2, 0) is 4.79 Å². The molecule has 1 amide bonds. The molecule has 1 fully saturated rings. The van der Waals surface area contributed by atoms with Gasteiger partial charge in [0.2, 0.25) is 0 Å². The predicted molar refractivity (Wildman–Crippen MR) is 79.3 cm³/mol. The molecule has 0 unspecified atom stereocenters. The second-order valence-electron chi connectivity index (χ2n) is 5.49. The van der Waals surface area contributed by atoms with Gasteiger partial charge in [-0.2, -0.15) is 5.10 Å². The molecule has 2 atom stereocenters. The second kappa shape index (κ2) is 6.66. The maximum atomic E-state index is 12.0. The second-order valence-corrected chi connectivity index (χ2v) is 5.49. The minimum Gasteiger partial charge on any atom is -0.378 e. The normalized spacial score (nSPS) is 22.6. The van der Waals surface area contributed by atoms with Crippen molar-refractivity contribution in [2.24, 2.45) is 11.0 Å². The van der Waals surface area contributed by atoms with E-state index in [0.29, 0.717) is 11.5 Å². The monoisotopic (exact) mass is 274 g/mol. The van der Waals surface area contributed by atoms with Crippen LogP contribution >= 0.6 is 0 Å². The zero-order chi connectivity index (χ0) is 14.5. The number of nitrogens with zero attached hydrogens (tertiary/aromatic N) is 1. The number of hydrazone groups is 1. The van der Waals surface area contributed by atoms with Gasteiger partial charge in [0.1, 0.15) is 0 Å². The van der Waals surface area contributed by atoms with E-state index in [1.807, 2.05) is 25.1 Å². The first-order chi connectivity index (χ1) is 9.59. The maximum Gasteiger partial charge on any atom is 0.273 e. The smallest absolute Gasteiger partial charge is 0.273 e. The molecule has 20 heavy (non-hydrogen) atoms. The van der Waals surface area contributed by atoms with E-state index in [-0.39, 0.29) is 0 Å². The first-order valence-corrected chi connectivity index (χ1v) is 7.19. The van der Waals surface area contributed by atoms with Crippen LogP contribution in [0.2, 0.25) is 0 Å². The van der Waals surface area contributed by atoms with Gasteiger partial charge in [-0.3, -0.25) is 4.79 Å². The molecule has 108 valence electrons. The average molecular weight is 274 g/mol. The molecule has 0 bridgehead atoms. The number of aliphatic hydroxyl groups is 1. The van der Waals surface area contributed by atoms with Crippen molar-refractivity contribution >= 4 is 11.6 Å². The van der Waals surface area contributed by atoms with Crippen molar-refractivity contribution in [1.29, 1.82) is 0 Å². The summed E-state index contributed by atoms with van der Waals surface area (Å²) in [4.78, 5) is 12.0. The molecule has 1 saturated carbocycles. The third kappa shape index (κ3) is 3.45. The van der Waals surface area contributed by atoms with E-state index in [2.05, 4.69) is 17.5 Å². The van der Waals surface area contributed by atoms with E-state index in [1.165, 1.54) is 6.42 Å². The first-order valence-electron chi connectivity index (χ1n) is 7.19. The molecule has 4 heteroatoms. The summed E-state index contributed by atoms with van der Waals surface area (Å²) < 4.78 is 0. The summed E-state index contributed by atoms with van der Waals surface area (Å²) >= 11 is 0. The van der Waals surface area contributed by atoms with Crippen LogP contribution in [0.4, 0.5) is 0 Å². The number of aliphatic hydroxyl groups excluding tert-OH is 1. The summed E-state index contributed by atoms with van der Waals surface area (Å²) in [6, 6.07) is 7.33. The number of amides is 1. The number of benzene rings is 1. The zero-order valence-electron chi connectivity index (χ0n) is 12.1. The van der Waals surface area contributed by atoms with Gasteiger partial charge < -0.3 is 5.11 Å².